The van der Waals surface area contributed by atoms with E-state index in [2.05, 4.69) is 5.32 Å². The number of hydrogen-bond acceptors (Lipinski definition) is 5. The van der Waals surface area contributed by atoms with E-state index in [9.17, 15) is 13.2 Å². The molecule has 1 saturated heterocycles. The summed E-state index contributed by atoms with van der Waals surface area (Å²) in [5, 5.41) is 2.81. The number of carbonyl (C=O) groups excluding carboxylic acids is 1. The minimum absolute atomic E-state index is 0.165. The number of rotatable bonds is 5. The largest absolute Gasteiger partial charge is 0.495 e. The van der Waals surface area contributed by atoms with E-state index in [1.165, 1.54) is 23.5 Å². The van der Waals surface area contributed by atoms with Gasteiger partial charge < -0.3 is 10.1 Å². The molecular weight excluding hydrogens is 384 g/mol. The van der Waals surface area contributed by atoms with Gasteiger partial charge in [0.2, 0.25) is 10.0 Å². The van der Waals surface area contributed by atoms with Gasteiger partial charge in [-0.25, -0.2) is 8.42 Å². The molecule has 0 spiro atoms. The molecule has 146 valence electrons. The van der Waals surface area contributed by atoms with Crippen LogP contribution in [0.15, 0.2) is 29.2 Å². The van der Waals surface area contributed by atoms with Gasteiger partial charge in [-0.1, -0.05) is 6.42 Å². The number of amides is 1. The first-order valence-corrected chi connectivity index (χ1v) is 11.1. The Hall–Kier alpha value is -1.90. The minimum Gasteiger partial charge on any atom is -0.495 e. The van der Waals surface area contributed by atoms with Crippen LogP contribution in [0.5, 0.6) is 5.75 Å². The van der Waals surface area contributed by atoms with Crippen LogP contribution in [-0.2, 0) is 10.0 Å². The molecule has 1 aromatic heterocycles. The number of benzene rings is 1. The second-order valence-electron chi connectivity index (χ2n) is 6.61. The summed E-state index contributed by atoms with van der Waals surface area (Å²) in [5.74, 6) is 0.146. The van der Waals surface area contributed by atoms with Crippen LogP contribution < -0.4 is 10.1 Å². The maximum Gasteiger partial charge on any atom is 0.256 e. The van der Waals surface area contributed by atoms with E-state index in [4.69, 9.17) is 4.74 Å². The molecule has 6 nitrogen and oxygen atoms in total. The van der Waals surface area contributed by atoms with Gasteiger partial charge >= 0.3 is 0 Å². The van der Waals surface area contributed by atoms with Gasteiger partial charge in [0.25, 0.3) is 5.91 Å². The van der Waals surface area contributed by atoms with Crippen LogP contribution in [0.1, 0.15) is 39.4 Å². The Kier molecular flexibility index (Phi) is 5.88. The molecule has 1 amide bonds. The number of carbonyl (C=O) groups is 1. The quantitative estimate of drug-likeness (QED) is 0.816. The van der Waals surface area contributed by atoms with Crippen molar-refractivity contribution < 1.29 is 17.9 Å². The fraction of sp³-hybridized carbons (Fsp3) is 0.421. The molecule has 0 saturated carbocycles. The van der Waals surface area contributed by atoms with Crippen LogP contribution in [0.3, 0.4) is 0 Å². The molecule has 1 N–H and O–H groups in total. The van der Waals surface area contributed by atoms with Crippen molar-refractivity contribution >= 4 is 33.0 Å². The minimum atomic E-state index is -3.59. The van der Waals surface area contributed by atoms with Crippen molar-refractivity contribution in [1.82, 2.24) is 4.31 Å². The van der Waals surface area contributed by atoms with Gasteiger partial charge in [-0.15, -0.1) is 11.3 Å². The van der Waals surface area contributed by atoms with E-state index in [0.717, 1.165) is 29.0 Å². The number of thiophene rings is 1. The van der Waals surface area contributed by atoms with Crippen LogP contribution in [0, 0.1) is 13.8 Å². The monoisotopic (exact) mass is 408 g/mol. The first-order valence-electron chi connectivity index (χ1n) is 8.89. The van der Waals surface area contributed by atoms with Crippen LogP contribution in [0.4, 0.5) is 5.69 Å². The fourth-order valence-corrected chi connectivity index (χ4v) is 5.71. The van der Waals surface area contributed by atoms with E-state index < -0.39 is 10.0 Å². The zero-order chi connectivity index (χ0) is 19.6. The highest BCUT2D eigenvalue weighted by Gasteiger charge is 2.27. The summed E-state index contributed by atoms with van der Waals surface area (Å²) in [5.41, 5.74) is 0.938. The van der Waals surface area contributed by atoms with Crippen molar-refractivity contribution in [1.29, 1.82) is 0 Å². The first kappa shape index (κ1) is 19.9. The van der Waals surface area contributed by atoms with Crippen molar-refractivity contribution in [3.05, 3.63) is 39.6 Å². The Balaban J connectivity index is 1.92. The standard InChI is InChI=1S/C19H24N2O4S2/c1-13-11-16(14(2)26-13)19(22)20-17-12-15(7-8-18(17)25-3)27(23,24)21-9-5-4-6-10-21/h7-8,11-12H,4-6,9-10H2,1-3H3,(H,20,22). The summed E-state index contributed by atoms with van der Waals surface area (Å²) in [6.07, 6.45) is 2.79. The summed E-state index contributed by atoms with van der Waals surface area (Å²) in [7, 11) is -2.10. The predicted octanol–water partition coefficient (Wildman–Crippen LogP) is 3.80. The highest BCUT2D eigenvalue weighted by Crippen LogP contribution is 2.31. The van der Waals surface area contributed by atoms with Crippen LogP contribution >= 0.6 is 11.3 Å². The number of nitrogens with zero attached hydrogens (tertiary/aromatic N) is 1. The number of aryl methyl sites for hydroxylation is 2. The molecule has 2 aromatic rings. The third kappa shape index (κ3) is 4.17. The van der Waals surface area contributed by atoms with Crippen molar-refractivity contribution in [2.24, 2.45) is 0 Å². The summed E-state index contributed by atoms with van der Waals surface area (Å²) >= 11 is 1.55. The number of piperidine rings is 1. The SMILES string of the molecule is COc1ccc(S(=O)(=O)N2CCCCC2)cc1NC(=O)c1cc(C)sc1C. The van der Waals surface area contributed by atoms with Crippen molar-refractivity contribution in [2.75, 3.05) is 25.5 Å². The summed E-state index contributed by atoms with van der Waals surface area (Å²) in [4.78, 5) is 14.8. The normalized spacial score (nSPS) is 15.5. The van der Waals surface area contributed by atoms with Gasteiger partial charge in [-0.05, 0) is 51.0 Å². The maximum atomic E-state index is 12.9. The van der Waals surface area contributed by atoms with Crippen LogP contribution in [0.25, 0.3) is 0 Å². The van der Waals surface area contributed by atoms with Gasteiger partial charge in [0, 0.05) is 22.8 Å². The molecule has 27 heavy (non-hydrogen) atoms. The second-order valence-corrected chi connectivity index (χ2v) is 10.0. The highest BCUT2D eigenvalue weighted by molar-refractivity contribution is 7.89. The second kappa shape index (κ2) is 8.00. The number of nitrogens with one attached hydrogen (secondary N) is 1. The number of anilines is 1. The van der Waals surface area contributed by atoms with E-state index >= 15 is 0 Å². The van der Waals surface area contributed by atoms with E-state index in [-0.39, 0.29) is 10.8 Å². The summed E-state index contributed by atoms with van der Waals surface area (Å²) < 4.78 is 32.7. The average molecular weight is 409 g/mol. The molecule has 0 unspecified atom stereocenters. The number of sulfonamides is 1. The van der Waals surface area contributed by atoms with Crippen molar-refractivity contribution in [2.45, 2.75) is 38.0 Å². The lowest BCUT2D eigenvalue weighted by Crippen LogP contribution is -2.35. The van der Waals surface area contributed by atoms with E-state index in [0.29, 0.717) is 30.1 Å². The molecule has 0 radical (unpaired) electrons. The average Bonchev–Trinajstić information content (AvgIpc) is 3.00. The van der Waals surface area contributed by atoms with Crippen molar-refractivity contribution in [3.8, 4) is 5.75 Å². The van der Waals surface area contributed by atoms with Crippen LogP contribution in [-0.4, -0.2) is 38.8 Å². The van der Waals surface area contributed by atoms with Gasteiger partial charge in [-0.3, -0.25) is 4.79 Å². The molecule has 1 aromatic carbocycles. The Labute approximate surface area is 164 Å². The molecule has 0 aliphatic carbocycles. The third-order valence-corrected chi connectivity index (χ3v) is 7.52. The Bertz CT molecular complexity index is 945. The number of hydrogen-bond donors (Lipinski definition) is 1. The maximum absolute atomic E-state index is 12.9. The van der Waals surface area contributed by atoms with Gasteiger partial charge in [0.15, 0.2) is 0 Å². The molecule has 8 heteroatoms. The fourth-order valence-electron chi connectivity index (χ4n) is 3.25. The zero-order valence-electron chi connectivity index (χ0n) is 15.7. The Morgan fingerprint density at radius 3 is 2.44 bits per heavy atom. The molecular formula is C19H24N2O4S2. The van der Waals surface area contributed by atoms with E-state index in [1.54, 1.807) is 17.4 Å². The molecule has 1 aliphatic heterocycles. The molecule has 3 rings (SSSR count). The van der Waals surface area contributed by atoms with E-state index in [1.807, 2.05) is 19.9 Å². The first-order chi connectivity index (χ1) is 12.8. The molecule has 2 heterocycles. The molecule has 1 fully saturated rings. The Morgan fingerprint density at radius 1 is 1.15 bits per heavy atom. The topological polar surface area (TPSA) is 75.7 Å². The highest BCUT2D eigenvalue weighted by atomic mass is 32.2. The Morgan fingerprint density at radius 2 is 1.85 bits per heavy atom. The summed E-state index contributed by atoms with van der Waals surface area (Å²) in [6.45, 7) is 4.90. The van der Waals surface area contributed by atoms with Gasteiger partial charge in [0.05, 0.1) is 23.3 Å². The predicted molar refractivity (Wildman–Crippen MR) is 107 cm³/mol. The number of ether oxygens (including phenoxy) is 1. The lowest BCUT2D eigenvalue weighted by Gasteiger charge is -2.26. The van der Waals surface area contributed by atoms with Gasteiger partial charge in [0.1, 0.15) is 5.75 Å². The molecule has 0 atom stereocenters. The smallest absolute Gasteiger partial charge is 0.256 e. The molecule has 1 aliphatic rings. The lowest BCUT2D eigenvalue weighted by molar-refractivity contribution is 0.102. The lowest BCUT2D eigenvalue weighted by atomic mass is 10.2. The van der Waals surface area contributed by atoms with Crippen molar-refractivity contribution in [3.63, 3.8) is 0 Å². The third-order valence-electron chi connectivity index (χ3n) is 4.66. The number of methoxy groups -OCH3 is 1. The van der Waals surface area contributed by atoms with Gasteiger partial charge in [-0.2, -0.15) is 4.31 Å². The molecule has 0 bridgehead atoms. The van der Waals surface area contributed by atoms with Crippen LogP contribution in [0.2, 0.25) is 0 Å². The zero-order valence-corrected chi connectivity index (χ0v) is 17.4. The summed E-state index contributed by atoms with van der Waals surface area (Å²) in [6, 6.07) is 6.42.